The second-order valence-electron chi connectivity index (χ2n) is 6.42. The molecule has 0 aliphatic heterocycles. The van der Waals surface area contributed by atoms with Crippen LogP contribution in [0.15, 0.2) is 54.6 Å². The highest BCUT2D eigenvalue weighted by molar-refractivity contribution is 5.79. The highest BCUT2D eigenvalue weighted by atomic mass is 16.5. The summed E-state index contributed by atoms with van der Waals surface area (Å²) < 4.78 is 7.52. The van der Waals surface area contributed by atoms with Crippen molar-refractivity contribution >= 4 is 11.8 Å². The molecule has 1 heterocycles. The first kappa shape index (κ1) is 18.5. The van der Waals surface area contributed by atoms with Gasteiger partial charge in [-0.25, -0.2) is 4.68 Å². The van der Waals surface area contributed by atoms with E-state index in [0.29, 0.717) is 24.7 Å². The summed E-state index contributed by atoms with van der Waals surface area (Å²) in [7, 11) is 0. The van der Waals surface area contributed by atoms with Crippen LogP contribution in [0.1, 0.15) is 24.0 Å². The van der Waals surface area contributed by atoms with Crippen LogP contribution in [0.5, 0.6) is 5.88 Å². The number of aliphatic carboxylic acids is 1. The molecule has 0 amide bonds. The van der Waals surface area contributed by atoms with Crippen molar-refractivity contribution in [3.63, 3.8) is 0 Å². The number of aryl methyl sites for hydroxylation is 1. The van der Waals surface area contributed by atoms with Crippen LogP contribution >= 0.6 is 0 Å². The summed E-state index contributed by atoms with van der Waals surface area (Å²) in [6.45, 7) is 2.83. The molecule has 0 atom stereocenters. The number of hydrogen-bond acceptors (Lipinski definition) is 4. The molecule has 27 heavy (non-hydrogen) atoms. The van der Waals surface area contributed by atoms with Gasteiger partial charge in [-0.1, -0.05) is 60.2 Å². The molecule has 0 unspecified atom stereocenters. The van der Waals surface area contributed by atoms with Crippen LogP contribution < -0.4 is 10.5 Å². The van der Waals surface area contributed by atoms with Crippen molar-refractivity contribution in [2.75, 3.05) is 12.3 Å². The van der Waals surface area contributed by atoms with Crippen molar-refractivity contribution in [3.05, 3.63) is 65.7 Å². The predicted molar refractivity (Wildman–Crippen MR) is 105 cm³/mol. The Kier molecular flexibility index (Phi) is 5.76. The van der Waals surface area contributed by atoms with Gasteiger partial charge in [0, 0.05) is 6.42 Å². The molecule has 0 saturated carbocycles. The first-order valence-electron chi connectivity index (χ1n) is 8.86. The summed E-state index contributed by atoms with van der Waals surface area (Å²) in [5.74, 6) is 0.111. The molecule has 6 nitrogen and oxygen atoms in total. The molecule has 0 fully saturated rings. The minimum atomic E-state index is -0.841. The Balaban J connectivity index is 1.90. The van der Waals surface area contributed by atoms with Crippen molar-refractivity contribution in [1.82, 2.24) is 9.78 Å². The third kappa shape index (κ3) is 4.67. The Morgan fingerprint density at radius 2 is 1.85 bits per heavy atom. The molecule has 3 N–H and O–H groups in total. The number of benzene rings is 2. The van der Waals surface area contributed by atoms with Crippen molar-refractivity contribution in [2.45, 2.75) is 26.3 Å². The number of anilines is 1. The largest absolute Gasteiger partial charge is 0.481 e. The van der Waals surface area contributed by atoms with Gasteiger partial charge in [0.2, 0.25) is 5.88 Å². The fourth-order valence-electron chi connectivity index (χ4n) is 2.81. The minimum absolute atomic E-state index is 0.0556. The van der Waals surface area contributed by atoms with Crippen molar-refractivity contribution in [3.8, 4) is 17.0 Å². The first-order chi connectivity index (χ1) is 13.0. The molecule has 140 valence electrons. The molecule has 0 aliphatic rings. The molecule has 3 rings (SSSR count). The van der Waals surface area contributed by atoms with E-state index in [1.165, 1.54) is 0 Å². The lowest BCUT2D eigenvalue weighted by Crippen LogP contribution is -2.06. The van der Waals surface area contributed by atoms with Gasteiger partial charge in [-0.3, -0.25) is 4.79 Å². The number of aromatic nitrogens is 2. The summed E-state index contributed by atoms with van der Waals surface area (Å²) in [6.07, 6.45) is 0.466. The van der Waals surface area contributed by atoms with Gasteiger partial charge in [-0.2, -0.15) is 0 Å². The minimum Gasteiger partial charge on any atom is -0.481 e. The zero-order chi connectivity index (χ0) is 19.2. The van der Waals surface area contributed by atoms with Gasteiger partial charge in [-0.15, -0.1) is 5.10 Å². The highest BCUT2D eigenvalue weighted by Gasteiger charge is 2.19. The van der Waals surface area contributed by atoms with E-state index in [0.717, 1.165) is 22.3 Å². The lowest BCUT2D eigenvalue weighted by atomic mass is 10.1. The molecular weight excluding hydrogens is 342 g/mol. The average Bonchev–Trinajstić information content (AvgIpc) is 2.96. The summed E-state index contributed by atoms with van der Waals surface area (Å²) in [4.78, 5) is 10.7. The fourth-order valence-corrected chi connectivity index (χ4v) is 2.81. The molecule has 0 radical (unpaired) electrons. The van der Waals surface area contributed by atoms with Gasteiger partial charge in [0.1, 0.15) is 5.82 Å². The van der Waals surface area contributed by atoms with E-state index in [1.54, 1.807) is 4.68 Å². The summed E-state index contributed by atoms with van der Waals surface area (Å²) in [5, 5.41) is 13.3. The van der Waals surface area contributed by atoms with Gasteiger partial charge in [0.25, 0.3) is 0 Å². The Morgan fingerprint density at radius 1 is 1.15 bits per heavy atom. The molecule has 2 aromatic carbocycles. The smallest absolute Gasteiger partial charge is 0.303 e. The van der Waals surface area contributed by atoms with Gasteiger partial charge in [-0.05, 0) is 24.5 Å². The molecule has 1 aromatic heterocycles. The number of rotatable bonds is 8. The second-order valence-corrected chi connectivity index (χ2v) is 6.42. The maximum absolute atomic E-state index is 10.7. The van der Waals surface area contributed by atoms with E-state index >= 15 is 0 Å². The van der Waals surface area contributed by atoms with Gasteiger partial charge < -0.3 is 15.6 Å². The summed E-state index contributed by atoms with van der Waals surface area (Å²) >= 11 is 0. The van der Waals surface area contributed by atoms with Crippen LogP contribution in [-0.4, -0.2) is 27.5 Å². The number of nitrogens with zero attached hydrogens (tertiary/aromatic N) is 2. The zero-order valence-electron chi connectivity index (χ0n) is 15.3. The number of ether oxygens (including phenoxy) is 1. The Hall–Kier alpha value is -3.28. The van der Waals surface area contributed by atoms with E-state index in [9.17, 15) is 4.79 Å². The van der Waals surface area contributed by atoms with E-state index in [1.807, 2.05) is 61.5 Å². The van der Waals surface area contributed by atoms with Gasteiger partial charge in [0.15, 0.2) is 0 Å². The number of hydrogen-bond donors (Lipinski definition) is 2. The standard InChI is InChI=1S/C21H23N3O3/c1-15-9-11-17(12-10-15)19-20(22)24(14-16-6-3-2-4-7-16)23-21(19)27-13-5-8-18(25)26/h2-4,6-7,9-12H,5,8,13-14,22H2,1H3,(H,25,26). The van der Waals surface area contributed by atoms with E-state index in [4.69, 9.17) is 15.6 Å². The molecule has 0 aliphatic carbocycles. The SMILES string of the molecule is Cc1ccc(-c2c(OCCCC(=O)O)nn(Cc3ccccc3)c2N)cc1. The lowest BCUT2D eigenvalue weighted by molar-refractivity contribution is -0.137. The highest BCUT2D eigenvalue weighted by Crippen LogP contribution is 2.35. The number of nitrogen functional groups attached to an aromatic ring is 1. The Labute approximate surface area is 158 Å². The van der Waals surface area contributed by atoms with Gasteiger partial charge >= 0.3 is 5.97 Å². The second kappa shape index (κ2) is 8.40. The third-order valence-corrected chi connectivity index (χ3v) is 4.25. The van der Waals surface area contributed by atoms with Gasteiger partial charge in [0.05, 0.1) is 18.7 Å². The Morgan fingerprint density at radius 3 is 2.52 bits per heavy atom. The van der Waals surface area contributed by atoms with E-state index in [2.05, 4.69) is 5.10 Å². The van der Waals surface area contributed by atoms with Crippen LogP contribution in [0.3, 0.4) is 0 Å². The van der Waals surface area contributed by atoms with E-state index in [-0.39, 0.29) is 13.0 Å². The van der Waals surface area contributed by atoms with Crippen LogP contribution in [-0.2, 0) is 11.3 Å². The van der Waals surface area contributed by atoms with Crippen LogP contribution in [0.4, 0.5) is 5.82 Å². The lowest BCUT2D eigenvalue weighted by Gasteiger charge is -2.06. The van der Waals surface area contributed by atoms with E-state index < -0.39 is 5.97 Å². The summed E-state index contributed by atoms with van der Waals surface area (Å²) in [6, 6.07) is 17.9. The molecule has 3 aromatic rings. The topological polar surface area (TPSA) is 90.4 Å². The Bertz CT molecular complexity index is 902. The quantitative estimate of drug-likeness (QED) is 0.594. The molecule has 6 heteroatoms. The molecule has 0 spiro atoms. The van der Waals surface area contributed by atoms with Crippen LogP contribution in [0, 0.1) is 6.92 Å². The monoisotopic (exact) mass is 365 g/mol. The molecule has 0 saturated heterocycles. The number of carboxylic acid groups (broad SMARTS) is 1. The number of nitrogens with two attached hydrogens (primary N) is 1. The average molecular weight is 365 g/mol. The van der Waals surface area contributed by atoms with Crippen molar-refractivity contribution in [1.29, 1.82) is 0 Å². The first-order valence-corrected chi connectivity index (χ1v) is 8.86. The van der Waals surface area contributed by atoms with Crippen LogP contribution in [0.25, 0.3) is 11.1 Å². The maximum Gasteiger partial charge on any atom is 0.303 e. The predicted octanol–water partition coefficient (Wildman–Crippen LogP) is 3.73. The normalized spacial score (nSPS) is 10.7. The molecule has 0 bridgehead atoms. The number of carboxylic acids is 1. The van der Waals surface area contributed by atoms with Crippen molar-refractivity contribution < 1.29 is 14.6 Å². The molecular formula is C21H23N3O3. The third-order valence-electron chi connectivity index (χ3n) is 4.25. The maximum atomic E-state index is 10.7. The van der Waals surface area contributed by atoms with Crippen LogP contribution in [0.2, 0.25) is 0 Å². The zero-order valence-corrected chi connectivity index (χ0v) is 15.3. The fraction of sp³-hybridized carbons (Fsp3) is 0.238. The summed E-state index contributed by atoms with van der Waals surface area (Å²) in [5.41, 5.74) is 10.3. The van der Waals surface area contributed by atoms with Crippen molar-refractivity contribution in [2.24, 2.45) is 0 Å². The number of carbonyl (C=O) groups is 1.